The summed E-state index contributed by atoms with van der Waals surface area (Å²) in [6, 6.07) is 6.31. The summed E-state index contributed by atoms with van der Waals surface area (Å²) in [5.74, 6) is 0.219. The molecule has 1 fully saturated rings. The number of carbonyl (C=O) groups excluding carboxylic acids is 1. The Bertz CT molecular complexity index is 501. The summed E-state index contributed by atoms with van der Waals surface area (Å²) >= 11 is 0. The van der Waals surface area contributed by atoms with Crippen molar-refractivity contribution >= 4 is 6.03 Å². The molecule has 1 saturated carbocycles. The largest absolute Gasteiger partial charge is 0.394 e. The van der Waals surface area contributed by atoms with Crippen molar-refractivity contribution in [2.24, 2.45) is 0 Å². The molecule has 2 amide bonds. The number of carbonyl (C=O) groups is 1. The quantitative estimate of drug-likeness (QED) is 0.715. The van der Waals surface area contributed by atoms with Crippen molar-refractivity contribution < 1.29 is 19.0 Å². The normalized spacial score (nSPS) is 22.0. The van der Waals surface area contributed by atoms with Crippen molar-refractivity contribution in [1.82, 2.24) is 10.6 Å². The topological polar surface area (TPSA) is 70.6 Å². The molecule has 3 N–H and O–H groups in total. The Hall–Kier alpha value is -1.66. The molecule has 24 heavy (non-hydrogen) atoms. The fourth-order valence-electron chi connectivity index (χ4n) is 3.19. The molecule has 1 aliphatic rings. The van der Waals surface area contributed by atoms with Crippen LogP contribution in [0.15, 0.2) is 24.3 Å². The Morgan fingerprint density at radius 2 is 1.96 bits per heavy atom. The van der Waals surface area contributed by atoms with Crippen LogP contribution in [-0.2, 0) is 4.74 Å². The molecule has 0 radical (unpaired) electrons. The van der Waals surface area contributed by atoms with E-state index < -0.39 is 0 Å². The molecule has 1 aromatic rings. The molecule has 1 aliphatic carbocycles. The number of benzene rings is 1. The van der Waals surface area contributed by atoms with Crippen molar-refractivity contribution in [3.63, 3.8) is 0 Å². The van der Waals surface area contributed by atoms with Gasteiger partial charge in [0.2, 0.25) is 0 Å². The van der Waals surface area contributed by atoms with E-state index in [0.717, 1.165) is 25.7 Å². The second kappa shape index (κ2) is 9.59. The Balaban J connectivity index is 1.74. The number of ether oxygens (including phenoxy) is 1. The number of nitrogens with one attached hydrogen (secondary N) is 2. The second-order valence-corrected chi connectivity index (χ2v) is 6.38. The molecule has 134 valence electrons. The Morgan fingerprint density at radius 1 is 1.29 bits per heavy atom. The monoisotopic (exact) mass is 338 g/mol. The first kappa shape index (κ1) is 18.7. The summed E-state index contributed by atoms with van der Waals surface area (Å²) < 4.78 is 18.0. The third-order valence-electron chi connectivity index (χ3n) is 4.63. The zero-order chi connectivity index (χ0) is 17.4. The van der Waals surface area contributed by atoms with Crippen LogP contribution in [0.1, 0.15) is 43.6 Å². The number of hydrogen-bond acceptors (Lipinski definition) is 3. The zero-order valence-electron chi connectivity index (χ0n) is 14.1. The van der Waals surface area contributed by atoms with E-state index in [0.29, 0.717) is 18.9 Å². The maximum absolute atomic E-state index is 13.0. The predicted octanol–water partition coefficient (Wildman–Crippen LogP) is 2.55. The molecule has 1 atom stereocenters. The van der Waals surface area contributed by atoms with E-state index in [1.807, 2.05) is 12.1 Å². The highest BCUT2D eigenvalue weighted by molar-refractivity contribution is 5.74. The van der Waals surface area contributed by atoms with Crippen LogP contribution in [0.4, 0.5) is 9.18 Å². The lowest BCUT2D eigenvalue weighted by Gasteiger charge is -2.30. The molecule has 6 heteroatoms. The van der Waals surface area contributed by atoms with E-state index in [2.05, 4.69) is 10.6 Å². The molecule has 0 spiro atoms. The van der Waals surface area contributed by atoms with Gasteiger partial charge in [-0.25, -0.2) is 9.18 Å². The van der Waals surface area contributed by atoms with Crippen LogP contribution in [0.5, 0.6) is 0 Å². The number of hydrogen-bond donors (Lipinski definition) is 3. The van der Waals surface area contributed by atoms with Crippen LogP contribution in [0.3, 0.4) is 0 Å². The summed E-state index contributed by atoms with van der Waals surface area (Å²) in [6.07, 6.45) is 4.33. The van der Waals surface area contributed by atoms with Crippen molar-refractivity contribution in [3.8, 4) is 0 Å². The predicted molar refractivity (Wildman–Crippen MR) is 90.4 cm³/mol. The molecule has 0 heterocycles. The van der Waals surface area contributed by atoms with E-state index >= 15 is 0 Å². The molecule has 2 rings (SSSR count). The minimum Gasteiger partial charge on any atom is -0.394 e. The summed E-state index contributed by atoms with van der Waals surface area (Å²) in [4.78, 5) is 12.0. The van der Waals surface area contributed by atoms with Crippen LogP contribution < -0.4 is 10.6 Å². The third-order valence-corrected chi connectivity index (χ3v) is 4.63. The van der Waals surface area contributed by atoms with Crippen LogP contribution in [-0.4, -0.2) is 43.5 Å². The van der Waals surface area contributed by atoms with Gasteiger partial charge < -0.3 is 20.5 Å². The number of aliphatic hydroxyl groups is 1. The average molecular weight is 338 g/mol. The number of halogens is 1. The molecule has 1 aromatic carbocycles. The zero-order valence-corrected chi connectivity index (χ0v) is 14.1. The Morgan fingerprint density at radius 3 is 2.54 bits per heavy atom. The summed E-state index contributed by atoms with van der Waals surface area (Å²) in [6.45, 7) is 0.391. The van der Waals surface area contributed by atoms with Crippen LogP contribution in [0, 0.1) is 5.82 Å². The minimum absolute atomic E-state index is 0.103. The van der Waals surface area contributed by atoms with Gasteiger partial charge in [-0.2, -0.15) is 0 Å². The van der Waals surface area contributed by atoms with E-state index in [1.165, 1.54) is 17.7 Å². The maximum atomic E-state index is 13.0. The maximum Gasteiger partial charge on any atom is 0.315 e. The van der Waals surface area contributed by atoms with Crippen LogP contribution >= 0.6 is 0 Å². The molecule has 5 nitrogen and oxygen atoms in total. The Kier molecular flexibility index (Phi) is 7.46. The van der Waals surface area contributed by atoms with Gasteiger partial charge >= 0.3 is 6.03 Å². The molecule has 0 saturated heterocycles. The molecule has 0 unspecified atom stereocenters. The van der Waals surface area contributed by atoms with Crippen molar-refractivity contribution in [2.75, 3.05) is 20.3 Å². The van der Waals surface area contributed by atoms with Gasteiger partial charge in [-0.15, -0.1) is 0 Å². The molecular formula is C18H27FN2O3. The van der Waals surface area contributed by atoms with Gasteiger partial charge in [-0.3, -0.25) is 0 Å². The van der Waals surface area contributed by atoms with Gasteiger partial charge in [-0.05, 0) is 55.7 Å². The smallest absolute Gasteiger partial charge is 0.315 e. The molecule has 0 aromatic heterocycles. The fraction of sp³-hybridized carbons (Fsp3) is 0.611. The van der Waals surface area contributed by atoms with Crippen LogP contribution in [0.25, 0.3) is 0 Å². The van der Waals surface area contributed by atoms with E-state index in [-0.39, 0.29) is 30.5 Å². The van der Waals surface area contributed by atoms with Crippen molar-refractivity contribution in [2.45, 2.75) is 50.1 Å². The number of urea groups is 1. The highest BCUT2D eigenvalue weighted by atomic mass is 19.1. The van der Waals surface area contributed by atoms with Crippen molar-refractivity contribution in [1.29, 1.82) is 0 Å². The van der Waals surface area contributed by atoms with Gasteiger partial charge in [0.15, 0.2) is 0 Å². The van der Waals surface area contributed by atoms with E-state index in [1.54, 1.807) is 7.11 Å². The van der Waals surface area contributed by atoms with Gasteiger partial charge in [0.25, 0.3) is 0 Å². The fourth-order valence-corrected chi connectivity index (χ4v) is 3.19. The van der Waals surface area contributed by atoms with Gasteiger partial charge in [0.1, 0.15) is 5.82 Å². The first-order chi connectivity index (χ1) is 11.6. The summed E-state index contributed by atoms with van der Waals surface area (Å²) in [7, 11) is 1.59. The van der Waals surface area contributed by atoms with Crippen molar-refractivity contribution in [3.05, 3.63) is 35.6 Å². The second-order valence-electron chi connectivity index (χ2n) is 6.38. The lowest BCUT2D eigenvalue weighted by molar-refractivity contribution is 0.158. The van der Waals surface area contributed by atoms with Gasteiger partial charge in [0.05, 0.1) is 12.6 Å². The molecule has 0 aliphatic heterocycles. The number of rotatable bonds is 7. The highest BCUT2D eigenvalue weighted by Gasteiger charge is 2.24. The lowest BCUT2D eigenvalue weighted by Crippen LogP contribution is -2.48. The third kappa shape index (κ3) is 5.76. The molecular weight excluding hydrogens is 311 g/mol. The number of amides is 2. The van der Waals surface area contributed by atoms with Gasteiger partial charge in [0, 0.05) is 19.8 Å². The first-order valence-electron chi connectivity index (χ1n) is 8.54. The molecule has 0 bridgehead atoms. The first-order valence-corrected chi connectivity index (χ1v) is 8.54. The SMILES string of the molecule is COCC[C@@H](CO)NC(=O)NC1CCC(c2ccc(F)cc2)CC1. The summed E-state index contributed by atoms with van der Waals surface area (Å²) in [5.41, 5.74) is 1.17. The van der Waals surface area contributed by atoms with Gasteiger partial charge in [-0.1, -0.05) is 12.1 Å². The average Bonchev–Trinajstić information content (AvgIpc) is 2.60. The van der Waals surface area contributed by atoms with E-state index in [4.69, 9.17) is 4.74 Å². The van der Waals surface area contributed by atoms with Crippen LogP contribution in [0.2, 0.25) is 0 Å². The number of methoxy groups -OCH3 is 1. The summed E-state index contributed by atoms with van der Waals surface area (Å²) in [5, 5.41) is 15.0. The van der Waals surface area contributed by atoms with E-state index in [9.17, 15) is 14.3 Å². The highest BCUT2D eigenvalue weighted by Crippen LogP contribution is 2.32. The Labute approximate surface area is 142 Å². The number of aliphatic hydroxyl groups excluding tert-OH is 1. The minimum atomic E-state index is -0.291. The lowest BCUT2D eigenvalue weighted by atomic mass is 9.82. The standard InChI is InChI=1S/C18H27FN2O3/c1-24-11-10-17(12-22)21-18(23)20-16-8-4-14(5-9-16)13-2-6-15(19)7-3-13/h2-3,6-7,14,16-17,22H,4-5,8-12H2,1H3,(H2,20,21,23)/t14?,16?,17-/m0/s1.